The van der Waals surface area contributed by atoms with Crippen molar-refractivity contribution >= 4 is 17.5 Å². The van der Waals surface area contributed by atoms with Crippen LogP contribution in [0.25, 0.3) is 0 Å². The van der Waals surface area contributed by atoms with Crippen molar-refractivity contribution in [2.45, 2.75) is 45.2 Å². The Morgan fingerprint density at radius 1 is 1.16 bits per heavy atom. The van der Waals surface area contributed by atoms with Gasteiger partial charge in [0, 0.05) is 17.8 Å². The number of likely N-dealkylation sites (N-methyl/N-ethyl adjacent to an activating group) is 1. The van der Waals surface area contributed by atoms with Crippen LogP contribution in [0.1, 0.15) is 33.1 Å². The average Bonchev–Trinajstić information content (AvgIpc) is 2.55. The second kappa shape index (κ2) is 8.85. The zero-order valence-electron chi connectivity index (χ0n) is 15.7. The molecule has 3 atom stereocenters. The standard InChI is InChI=1S/C19H29N3O3/c1-14-6-5-7-15(2)22(14)19(24)13-21(3)12-18(23)20-16-8-10-17(25-4)11-9-16/h8-11,14-15H,5-7,12-13H2,1-4H3,(H,20,23)/p+1/t14-,15-/m0/s1. The molecule has 25 heavy (non-hydrogen) atoms. The number of quaternary nitrogens is 1. The summed E-state index contributed by atoms with van der Waals surface area (Å²) in [6.45, 7) is 4.82. The molecule has 1 unspecified atom stereocenters. The number of likely N-dealkylation sites (tertiary alicyclic amines) is 1. The lowest BCUT2D eigenvalue weighted by atomic mass is 9.97. The van der Waals surface area contributed by atoms with Gasteiger partial charge in [-0.2, -0.15) is 0 Å². The quantitative estimate of drug-likeness (QED) is 0.804. The number of amides is 2. The minimum absolute atomic E-state index is 0.102. The number of carbonyl (C=O) groups is 2. The van der Waals surface area contributed by atoms with Gasteiger partial charge >= 0.3 is 0 Å². The summed E-state index contributed by atoms with van der Waals surface area (Å²) < 4.78 is 5.10. The van der Waals surface area contributed by atoms with Gasteiger partial charge in [0.15, 0.2) is 13.1 Å². The van der Waals surface area contributed by atoms with Crippen LogP contribution in [-0.2, 0) is 9.59 Å². The second-order valence-corrected chi connectivity index (χ2v) is 7.02. The van der Waals surface area contributed by atoms with Crippen LogP contribution in [-0.4, -0.2) is 56.0 Å². The van der Waals surface area contributed by atoms with E-state index < -0.39 is 0 Å². The molecule has 1 aromatic rings. The Morgan fingerprint density at radius 3 is 2.32 bits per heavy atom. The van der Waals surface area contributed by atoms with E-state index in [0.29, 0.717) is 6.54 Å². The number of methoxy groups -OCH3 is 1. The molecule has 2 rings (SSSR count). The van der Waals surface area contributed by atoms with Gasteiger partial charge in [0.2, 0.25) is 0 Å². The number of carbonyl (C=O) groups excluding carboxylic acids is 2. The summed E-state index contributed by atoms with van der Waals surface area (Å²) in [5.41, 5.74) is 0.725. The normalized spacial score (nSPS) is 21.5. The Morgan fingerprint density at radius 2 is 1.76 bits per heavy atom. The lowest BCUT2D eigenvalue weighted by molar-refractivity contribution is -0.862. The molecule has 1 saturated heterocycles. The van der Waals surface area contributed by atoms with Crippen LogP contribution in [0.2, 0.25) is 0 Å². The van der Waals surface area contributed by atoms with Crippen molar-refractivity contribution in [3.8, 4) is 5.75 Å². The molecule has 6 nitrogen and oxygen atoms in total. The van der Waals surface area contributed by atoms with E-state index in [1.807, 2.05) is 11.9 Å². The summed E-state index contributed by atoms with van der Waals surface area (Å²) in [7, 11) is 3.48. The second-order valence-electron chi connectivity index (χ2n) is 7.02. The predicted molar refractivity (Wildman–Crippen MR) is 97.9 cm³/mol. The molecule has 2 amide bonds. The Bertz CT molecular complexity index is 578. The van der Waals surface area contributed by atoms with Gasteiger partial charge in [0.1, 0.15) is 5.75 Å². The minimum Gasteiger partial charge on any atom is -0.497 e. The molecular formula is C19H30N3O3+. The van der Waals surface area contributed by atoms with E-state index in [2.05, 4.69) is 19.2 Å². The largest absolute Gasteiger partial charge is 0.497 e. The first-order valence-electron chi connectivity index (χ1n) is 8.97. The van der Waals surface area contributed by atoms with Crippen LogP contribution in [0.5, 0.6) is 5.75 Å². The Kier molecular flexibility index (Phi) is 6.82. The Balaban J connectivity index is 1.82. The van der Waals surface area contributed by atoms with Crippen molar-refractivity contribution in [1.82, 2.24) is 4.90 Å². The maximum atomic E-state index is 12.6. The number of ether oxygens (including phenoxy) is 1. The van der Waals surface area contributed by atoms with E-state index >= 15 is 0 Å². The number of hydrogen-bond donors (Lipinski definition) is 2. The highest BCUT2D eigenvalue weighted by Gasteiger charge is 2.30. The smallest absolute Gasteiger partial charge is 0.279 e. The monoisotopic (exact) mass is 348 g/mol. The molecule has 0 bridgehead atoms. The number of piperidine rings is 1. The summed E-state index contributed by atoms with van der Waals surface area (Å²) in [5, 5.41) is 2.85. The van der Waals surface area contributed by atoms with E-state index in [9.17, 15) is 9.59 Å². The molecule has 0 aliphatic carbocycles. The maximum absolute atomic E-state index is 12.6. The van der Waals surface area contributed by atoms with Gasteiger partial charge in [0.05, 0.1) is 14.2 Å². The molecule has 0 spiro atoms. The molecule has 0 radical (unpaired) electrons. The third kappa shape index (κ3) is 5.46. The number of benzene rings is 1. The van der Waals surface area contributed by atoms with E-state index in [1.165, 1.54) is 6.42 Å². The van der Waals surface area contributed by atoms with Gasteiger partial charge in [0.25, 0.3) is 11.8 Å². The van der Waals surface area contributed by atoms with Gasteiger partial charge in [-0.3, -0.25) is 9.59 Å². The zero-order valence-corrected chi connectivity index (χ0v) is 15.7. The highest BCUT2D eigenvalue weighted by molar-refractivity contribution is 5.91. The van der Waals surface area contributed by atoms with Crippen LogP contribution < -0.4 is 15.0 Å². The Labute approximate surface area is 150 Å². The lowest BCUT2D eigenvalue weighted by Gasteiger charge is -2.39. The maximum Gasteiger partial charge on any atom is 0.279 e. The fourth-order valence-corrected chi connectivity index (χ4v) is 3.48. The first kappa shape index (κ1) is 19.2. The number of anilines is 1. The molecule has 1 heterocycles. The van der Waals surface area contributed by atoms with Gasteiger partial charge in [-0.15, -0.1) is 0 Å². The zero-order chi connectivity index (χ0) is 18.4. The SMILES string of the molecule is COc1ccc(NC(=O)C[NH+](C)CC(=O)N2[C@@H](C)CCC[C@@H]2C)cc1. The van der Waals surface area contributed by atoms with Crippen LogP contribution in [0, 0.1) is 0 Å². The molecule has 0 aromatic heterocycles. The molecular weight excluding hydrogens is 318 g/mol. The first-order valence-corrected chi connectivity index (χ1v) is 8.97. The predicted octanol–water partition coefficient (Wildman–Crippen LogP) is 0.938. The average molecular weight is 348 g/mol. The van der Waals surface area contributed by atoms with E-state index in [-0.39, 0.29) is 30.4 Å². The first-order chi connectivity index (χ1) is 11.9. The van der Waals surface area contributed by atoms with Crippen LogP contribution >= 0.6 is 0 Å². The molecule has 1 aliphatic rings. The van der Waals surface area contributed by atoms with Crippen LogP contribution in [0.3, 0.4) is 0 Å². The number of hydrogen-bond acceptors (Lipinski definition) is 3. The summed E-state index contributed by atoms with van der Waals surface area (Å²) >= 11 is 0. The van der Waals surface area contributed by atoms with Gasteiger partial charge in [-0.05, 0) is 57.4 Å². The third-order valence-electron chi connectivity index (χ3n) is 4.77. The van der Waals surface area contributed by atoms with Crippen molar-refractivity contribution < 1.29 is 19.2 Å². The van der Waals surface area contributed by atoms with E-state index in [0.717, 1.165) is 29.2 Å². The molecule has 1 aliphatic heterocycles. The van der Waals surface area contributed by atoms with Crippen molar-refractivity contribution in [3.05, 3.63) is 24.3 Å². The molecule has 0 saturated carbocycles. The van der Waals surface area contributed by atoms with Crippen LogP contribution in [0.15, 0.2) is 24.3 Å². The minimum atomic E-state index is -0.102. The highest BCUT2D eigenvalue weighted by atomic mass is 16.5. The molecule has 1 fully saturated rings. The van der Waals surface area contributed by atoms with Crippen LogP contribution in [0.4, 0.5) is 5.69 Å². The fraction of sp³-hybridized carbons (Fsp3) is 0.579. The van der Waals surface area contributed by atoms with Crippen molar-refractivity contribution in [2.75, 3.05) is 32.6 Å². The topological polar surface area (TPSA) is 63.1 Å². The summed E-state index contributed by atoms with van der Waals surface area (Å²) in [6, 6.07) is 7.78. The highest BCUT2D eigenvalue weighted by Crippen LogP contribution is 2.22. The fourth-order valence-electron chi connectivity index (χ4n) is 3.48. The van der Waals surface area contributed by atoms with Crippen molar-refractivity contribution in [3.63, 3.8) is 0 Å². The lowest BCUT2D eigenvalue weighted by Crippen LogP contribution is -3.11. The number of rotatable bonds is 6. The van der Waals surface area contributed by atoms with Crippen molar-refractivity contribution in [2.24, 2.45) is 0 Å². The summed E-state index contributed by atoms with van der Waals surface area (Å²) in [6.07, 6.45) is 3.30. The number of nitrogens with one attached hydrogen (secondary N) is 2. The Hall–Kier alpha value is -2.08. The van der Waals surface area contributed by atoms with Gasteiger partial charge in [-0.1, -0.05) is 0 Å². The summed E-state index contributed by atoms with van der Waals surface area (Å²) in [4.78, 5) is 27.7. The molecule has 6 heteroatoms. The van der Waals surface area contributed by atoms with E-state index in [1.54, 1.807) is 31.4 Å². The van der Waals surface area contributed by atoms with Crippen molar-refractivity contribution in [1.29, 1.82) is 0 Å². The molecule has 1 aromatic carbocycles. The third-order valence-corrected chi connectivity index (χ3v) is 4.77. The number of nitrogens with zero attached hydrogens (tertiary/aromatic N) is 1. The van der Waals surface area contributed by atoms with Gasteiger partial charge in [-0.25, -0.2) is 0 Å². The molecule has 2 N–H and O–H groups in total. The van der Waals surface area contributed by atoms with E-state index in [4.69, 9.17) is 4.74 Å². The van der Waals surface area contributed by atoms with Gasteiger partial charge < -0.3 is 19.9 Å². The molecule has 138 valence electrons. The summed E-state index contributed by atoms with van der Waals surface area (Å²) in [5.74, 6) is 0.778.